The Morgan fingerprint density at radius 3 is 2.57 bits per heavy atom. The summed E-state index contributed by atoms with van der Waals surface area (Å²) in [5.74, 6) is -1.09. The zero-order chi connectivity index (χ0) is 16.5. The molecule has 1 amide bonds. The van der Waals surface area contributed by atoms with Gasteiger partial charge in [0.05, 0.1) is 25.2 Å². The summed E-state index contributed by atoms with van der Waals surface area (Å²) in [5, 5.41) is 11.9. The highest BCUT2D eigenvalue weighted by molar-refractivity contribution is 5.78. The normalized spacial score (nSPS) is 16.7. The van der Waals surface area contributed by atoms with Gasteiger partial charge in [0.1, 0.15) is 0 Å². The van der Waals surface area contributed by atoms with Crippen LogP contribution in [0, 0.1) is 0 Å². The van der Waals surface area contributed by atoms with Crippen LogP contribution in [-0.2, 0) is 25.7 Å². The van der Waals surface area contributed by atoms with Gasteiger partial charge in [-0.1, -0.05) is 30.3 Å². The lowest BCUT2D eigenvalue weighted by Crippen LogP contribution is -2.53. The molecule has 126 valence electrons. The van der Waals surface area contributed by atoms with Crippen LogP contribution in [0.2, 0.25) is 0 Å². The van der Waals surface area contributed by atoms with E-state index in [0.717, 1.165) is 5.56 Å². The average Bonchev–Trinajstić information content (AvgIpc) is 2.52. The molecule has 1 aromatic carbocycles. The molecule has 0 unspecified atom stereocenters. The molecule has 1 aromatic rings. The van der Waals surface area contributed by atoms with E-state index in [4.69, 9.17) is 14.6 Å². The number of hydrogen-bond acceptors (Lipinski definition) is 4. The Kier molecular flexibility index (Phi) is 6.55. The molecule has 2 N–H and O–H groups in total. The van der Waals surface area contributed by atoms with Crippen LogP contribution in [0.4, 0.5) is 0 Å². The summed E-state index contributed by atoms with van der Waals surface area (Å²) >= 11 is 0. The van der Waals surface area contributed by atoms with E-state index in [9.17, 15) is 9.59 Å². The number of carbonyl (C=O) groups excluding carboxylic acids is 1. The fourth-order valence-corrected chi connectivity index (χ4v) is 2.68. The molecule has 1 aliphatic heterocycles. The molecule has 0 atom stereocenters. The summed E-state index contributed by atoms with van der Waals surface area (Å²) in [4.78, 5) is 23.1. The SMILES string of the molecule is O=C(O)CC1(NC(=O)CCOCc2ccccc2)CCOCC1. The second-order valence-corrected chi connectivity index (χ2v) is 5.80. The lowest BCUT2D eigenvalue weighted by Gasteiger charge is -2.36. The summed E-state index contributed by atoms with van der Waals surface area (Å²) in [6.45, 7) is 1.71. The number of aliphatic carboxylic acids is 1. The molecule has 1 fully saturated rings. The number of benzene rings is 1. The predicted octanol–water partition coefficient (Wildman–Crippen LogP) is 1.73. The molecule has 0 saturated carbocycles. The Labute approximate surface area is 135 Å². The number of ether oxygens (including phenoxy) is 2. The van der Waals surface area contributed by atoms with E-state index in [0.29, 0.717) is 39.3 Å². The van der Waals surface area contributed by atoms with E-state index >= 15 is 0 Å². The van der Waals surface area contributed by atoms with Crippen molar-refractivity contribution >= 4 is 11.9 Å². The molecule has 0 aromatic heterocycles. The maximum absolute atomic E-state index is 12.1. The van der Waals surface area contributed by atoms with Crippen LogP contribution in [0.15, 0.2) is 30.3 Å². The largest absolute Gasteiger partial charge is 0.481 e. The van der Waals surface area contributed by atoms with Gasteiger partial charge >= 0.3 is 5.97 Å². The first-order chi connectivity index (χ1) is 11.1. The molecule has 6 heteroatoms. The van der Waals surface area contributed by atoms with Gasteiger partial charge in [0.2, 0.25) is 5.91 Å². The number of carbonyl (C=O) groups is 2. The van der Waals surface area contributed by atoms with Crippen molar-refractivity contribution in [2.24, 2.45) is 0 Å². The highest BCUT2D eigenvalue weighted by atomic mass is 16.5. The van der Waals surface area contributed by atoms with Gasteiger partial charge in [-0.3, -0.25) is 9.59 Å². The van der Waals surface area contributed by atoms with E-state index in [1.54, 1.807) is 0 Å². The maximum Gasteiger partial charge on any atom is 0.305 e. The molecule has 0 spiro atoms. The van der Waals surface area contributed by atoms with Crippen LogP contribution in [0.1, 0.15) is 31.2 Å². The summed E-state index contributed by atoms with van der Waals surface area (Å²) in [5.41, 5.74) is 0.361. The van der Waals surface area contributed by atoms with Crippen LogP contribution < -0.4 is 5.32 Å². The van der Waals surface area contributed by atoms with Gasteiger partial charge in [-0.25, -0.2) is 0 Å². The maximum atomic E-state index is 12.1. The Morgan fingerprint density at radius 1 is 1.22 bits per heavy atom. The van der Waals surface area contributed by atoms with Crippen LogP contribution >= 0.6 is 0 Å². The number of carboxylic acids is 1. The molecule has 1 aliphatic rings. The van der Waals surface area contributed by atoms with Gasteiger partial charge in [0, 0.05) is 19.6 Å². The minimum Gasteiger partial charge on any atom is -0.481 e. The third-order valence-corrected chi connectivity index (χ3v) is 3.93. The first kappa shape index (κ1) is 17.4. The minimum absolute atomic E-state index is 0.0764. The molecule has 0 aliphatic carbocycles. The second kappa shape index (κ2) is 8.64. The molecular weight excluding hydrogens is 298 g/mol. The Morgan fingerprint density at radius 2 is 1.91 bits per heavy atom. The zero-order valence-corrected chi connectivity index (χ0v) is 13.1. The van der Waals surface area contributed by atoms with Crippen molar-refractivity contribution in [1.82, 2.24) is 5.32 Å². The Balaban J connectivity index is 1.74. The van der Waals surface area contributed by atoms with Crippen molar-refractivity contribution in [2.75, 3.05) is 19.8 Å². The number of amides is 1. The van der Waals surface area contributed by atoms with Crippen molar-refractivity contribution in [2.45, 2.75) is 37.8 Å². The van der Waals surface area contributed by atoms with E-state index < -0.39 is 11.5 Å². The quantitative estimate of drug-likeness (QED) is 0.712. The van der Waals surface area contributed by atoms with Gasteiger partial charge in [0.25, 0.3) is 0 Å². The van der Waals surface area contributed by atoms with Crippen molar-refractivity contribution < 1.29 is 24.2 Å². The number of hydrogen-bond donors (Lipinski definition) is 2. The fraction of sp³-hybridized carbons (Fsp3) is 0.529. The molecule has 1 saturated heterocycles. The van der Waals surface area contributed by atoms with Crippen LogP contribution in [-0.4, -0.2) is 42.3 Å². The van der Waals surface area contributed by atoms with E-state index in [2.05, 4.69) is 5.32 Å². The molecule has 2 rings (SSSR count). The van der Waals surface area contributed by atoms with Crippen molar-refractivity contribution in [3.05, 3.63) is 35.9 Å². The van der Waals surface area contributed by atoms with Gasteiger partial charge in [0.15, 0.2) is 0 Å². The standard InChI is InChI=1S/C17H23NO5/c19-15(6-9-23-13-14-4-2-1-3-5-14)18-17(12-16(20)21)7-10-22-11-8-17/h1-5H,6-13H2,(H,18,19)(H,20,21). The van der Waals surface area contributed by atoms with Gasteiger partial charge in [-0.2, -0.15) is 0 Å². The predicted molar refractivity (Wildman–Crippen MR) is 83.9 cm³/mol. The smallest absolute Gasteiger partial charge is 0.305 e. The molecule has 0 radical (unpaired) electrons. The summed E-state index contributed by atoms with van der Waals surface area (Å²) < 4.78 is 10.8. The highest BCUT2D eigenvalue weighted by Crippen LogP contribution is 2.24. The summed E-state index contributed by atoms with van der Waals surface area (Å²) in [6, 6.07) is 9.74. The lowest BCUT2D eigenvalue weighted by atomic mass is 9.86. The third kappa shape index (κ3) is 6.00. The van der Waals surface area contributed by atoms with E-state index in [1.807, 2.05) is 30.3 Å². The van der Waals surface area contributed by atoms with Crippen LogP contribution in [0.25, 0.3) is 0 Å². The van der Waals surface area contributed by atoms with E-state index in [-0.39, 0.29) is 18.7 Å². The number of nitrogens with one attached hydrogen (secondary N) is 1. The first-order valence-corrected chi connectivity index (χ1v) is 7.82. The van der Waals surface area contributed by atoms with Gasteiger partial charge in [-0.05, 0) is 18.4 Å². The van der Waals surface area contributed by atoms with Gasteiger partial charge in [-0.15, -0.1) is 0 Å². The number of rotatable bonds is 8. The summed E-state index contributed by atoms with van der Waals surface area (Å²) in [7, 11) is 0. The van der Waals surface area contributed by atoms with Crippen molar-refractivity contribution in [1.29, 1.82) is 0 Å². The molecule has 0 bridgehead atoms. The Bertz CT molecular complexity index is 511. The summed E-state index contributed by atoms with van der Waals surface area (Å²) in [6.07, 6.45) is 1.19. The topological polar surface area (TPSA) is 84.9 Å². The molecule has 23 heavy (non-hydrogen) atoms. The monoisotopic (exact) mass is 321 g/mol. The van der Waals surface area contributed by atoms with Crippen molar-refractivity contribution in [3.8, 4) is 0 Å². The molecule has 6 nitrogen and oxygen atoms in total. The molecular formula is C17H23NO5. The van der Waals surface area contributed by atoms with Crippen LogP contribution in [0.5, 0.6) is 0 Å². The minimum atomic E-state index is -0.910. The average molecular weight is 321 g/mol. The number of carboxylic acid groups (broad SMARTS) is 1. The Hall–Kier alpha value is -1.92. The van der Waals surface area contributed by atoms with Gasteiger partial charge < -0.3 is 19.9 Å². The van der Waals surface area contributed by atoms with Crippen molar-refractivity contribution in [3.63, 3.8) is 0 Å². The first-order valence-electron chi connectivity index (χ1n) is 7.82. The van der Waals surface area contributed by atoms with E-state index in [1.165, 1.54) is 0 Å². The third-order valence-electron chi connectivity index (χ3n) is 3.93. The zero-order valence-electron chi connectivity index (χ0n) is 13.1. The highest BCUT2D eigenvalue weighted by Gasteiger charge is 2.36. The van der Waals surface area contributed by atoms with Crippen LogP contribution in [0.3, 0.4) is 0 Å². The lowest BCUT2D eigenvalue weighted by molar-refractivity contribution is -0.140. The molecule has 1 heterocycles. The fourth-order valence-electron chi connectivity index (χ4n) is 2.68. The second-order valence-electron chi connectivity index (χ2n) is 5.80.